The molecule has 234 valence electrons. The van der Waals surface area contributed by atoms with Gasteiger partial charge in [-0.3, -0.25) is 39.0 Å². The van der Waals surface area contributed by atoms with Crippen molar-refractivity contribution in [3.8, 4) is 11.5 Å². The molecule has 0 radical (unpaired) electrons. The number of methoxy groups -OCH3 is 2. The smallest absolute Gasteiger partial charge is 0.262 e. The zero-order valence-electron chi connectivity index (χ0n) is 25.2. The van der Waals surface area contributed by atoms with Crippen LogP contribution < -0.4 is 25.4 Å². The molecule has 1 atom stereocenters. The molecule has 0 aromatic heterocycles. The molecule has 12 nitrogen and oxygen atoms in total. The summed E-state index contributed by atoms with van der Waals surface area (Å²) in [5.41, 5.74) is 2.66. The standard InChI is InChI=1S/C33H34N4O8/c1-4-6-26(31(41)36-19-38)37-32(42)24-14-13-23(15-25(24)33(37)43)30(40)35-18-21-11-9-20(10-12-21)17-34-28(39)16-22-7-5-8-27(44-2)29(22)45-3/h5,7-15,19,26H,4,6,16-18H2,1-3H3,(H,34,39)(H,35,40)(H,36,38,41). The lowest BCUT2D eigenvalue weighted by Gasteiger charge is -2.23. The van der Waals surface area contributed by atoms with E-state index in [4.69, 9.17) is 9.47 Å². The molecule has 3 aromatic carbocycles. The first-order valence-corrected chi connectivity index (χ1v) is 14.3. The lowest BCUT2D eigenvalue weighted by molar-refractivity contribution is -0.128. The SMILES string of the molecule is CCCC(C(=O)NC=O)N1C(=O)c2ccc(C(=O)NCc3ccc(CNC(=O)Cc4cccc(OC)c4OC)cc3)cc2C1=O. The van der Waals surface area contributed by atoms with Gasteiger partial charge in [0.2, 0.25) is 18.2 Å². The van der Waals surface area contributed by atoms with Crippen molar-refractivity contribution in [2.75, 3.05) is 14.2 Å². The van der Waals surface area contributed by atoms with Gasteiger partial charge in [0.25, 0.3) is 17.7 Å². The van der Waals surface area contributed by atoms with Crippen molar-refractivity contribution in [2.45, 2.75) is 45.3 Å². The number of nitrogens with one attached hydrogen (secondary N) is 3. The monoisotopic (exact) mass is 614 g/mol. The largest absolute Gasteiger partial charge is 0.493 e. The Morgan fingerprint density at radius 2 is 1.53 bits per heavy atom. The molecule has 4 rings (SSSR count). The third kappa shape index (κ3) is 7.35. The maximum absolute atomic E-state index is 13.1. The summed E-state index contributed by atoms with van der Waals surface area (Å²) in [4.78, 5) is 75.6. The first kappa shape index (κ1) is 32.4. The van der Waals surface area contributed by atoms with Crippen LogP contribution in [0.5, 0.6) is 11.5 Å². The van der Waals surface area contributed by atoms with Crippen molar-refractivity contribution in [1.82, 2.24) is 20.9 Å². The summed E-state index contributed by atoms with van der Waals surface area (Å²) in [5.74, 6) is -1.67. The van der Waals surface area contributed by atoms with Crippen LogP contribution in [0, 0.1) is 0 Å². The molecule has 1 heterocycles. The molecule has 0 aliphatic carbocycles. The van der Waals surface area contributed by atoms with E-state index in [0.717, 1.165) is 16.0 Å². The highest BCUT2D eigenvalue weighted by Crippen LogP contribution is 2.31. The number of rotatable bonds is 14. The molecule has 12 heteroatoms. The molecule has 1 aliphatic rings. The molecule has 0 saturated carbocycles. The Bertz CT molecular complexity index is 1620. The van der Waals surface area contributed by atoms with Crippen molar-refractivity contribution >= 4 is 35.9 Å². The second-order valence-corrected chi connectivity index (χ2v) is 10.3. The molecule has 3 N–H and O–H groups in total. The van der Waals surface area contributed by atoms with Crippen molar-refractivity contribution in [3.05, 3.63) is 94.0 Å². The van der Waals surface area contributed by atoms with Gasteiger partial charge in [-0.05, 0) is 41.8 Å². The van der Waals surface area contributed by atoms with Crippen molar-refractivity contribution in [2.24, 2.45) is 0 Å². The summed E-state index contributed by atoms with van der Waals surface area (Å²) in [7, 11) is 3.06. The molecule has 1 aliphatic heterocycles. The third-order valence-electron chi connectivity index (χ3n) is 7.36. The van der Waals surface area contributed by atoms with E-state index in [1.807, 2.05) is 29.6 Å². The molecule has 3 aromatic rings. The average molecular weight is 615 g/mol. The molecule has 0 fully saturated rings. The van der Waals surface area contributed by atoms with Crippen molar-refractivity contribution in [1.29, 1.82) is 0 Å². The molecule has 0 bridgehead atoms. The Hall–Kier alpha value is -5.52. The second-order valence-electron chi connectivity index (χ2n) is 10.3. The van der Waals surface area contributed by atoms with Crippen molar-refractivity contribution in [3.63, 3.8) is 0 Å². The minimum Gasteiger partial charge on any atom is -0.493 e. The number of ether oxygens (including phenoxy) is 2. The van der Waals surface area contributed by atoms with Crippen LogP contribution >= 0.6 is 0 Å². The second kappa shape index (κ2) is 14.8. The van der Waals surface area contributed by atoms with E-state index in [1.165, 1.54) is 32.4 Å². The zero-order valence-corrected chi connectivity index (χ0v) is 25.2. The topological polar surface area (TPSA) is 160 Å². The summed E-state index contributed by atoms with van der Waals surface area (Å²) in [6, 6.07) is 15.7. The van der Waals surface area contributed by atoms with Crippen LogP contribution in [0.25, 0.3) is 0 Å². The number of fused-ring (bicyclic) bond motifs is 1. The normalized spacial score (nSPS) is 12.6. The Morgan fingerprint density at radius 1 is 0.867 bits per heavy atom. The molecule has 0 saturated heterocycles. The number of hydrogen-bond acceptors (Lipinski definition) is 8. The number of para-hydroxylation sites is 1. The van der Waals surface area contributed by atoms with E-state index in [0.29, 0.717) is 30.0 Å². The number of amides is 6. The van der Waals surface area contributed by atoms with Gasteiger partial charge >= 0.3 is 0 Å². The maximum Gasteiger partial charge on any atom is 0.262 e. The lowest BCUT2D eigenvalue weighted by atomic mass is 10.1. The van der Waals surface area contributed by atoms with Gasteiger partial charge in [-0.2, -0.15) is 0 Å². The Balaban J connectivity index is 1.33. The first-order chi connectivity index (χ1) is 21.7. The van der Waals surface area contributed by atoms with Crippen LogP contribution in [-0.2, 0) is 33.9 Å². The van der Waals surface area contributed by atoms with E-state index in [2.05, 4.69) is 10.6 Å². The van der Waals surface area contributed by atoms with E-state index in [9.17, 15) is 28.8 Å². The summed E-state index contributed by atoms with van der Waals surface area (Å²) >= 11 is 0. The molecular weight excluding hydrogens is 580 g/mol. The highest BCUT2D eigenvalue weighted by atomic mass is 16.5. The van der Waals surface area contributed by atoms with Crippen LogP contribution in [0.15, 0.2) is 60.7 Å². The maximum atomic E-state index is 13.1. The molecule has 0 spiro atoms. The van der Waals surface area contributed by atoms with Crippen molar-refractivity contribution < 1.29 is 38.2 Å². The van der Waals surface area contributed by atoms with E-state index in [-0.39, 0.29) is 48.4 Å². The van der Waals surface area contributed by atoms with Gasteiger partial charge in [0.15, 0.2) is 11.5 Å². The minimum atomic E-state index is -1.14. The third-order valence-corrected chi connectivity index (χ3v) is 7.36. The quantitative estimate of drug-likeness (QED) is 0.185. The average Bonchev–Trinajstić information content (AvgIpc) is 3.30. The highest BCUT2D eigenvalue weighted by Gasteiger charge is 2.42. The fraction of sp³-hybridized carbons (Fsp3) is 0.273. The van der Waals surface area contributed by atoms with Gasteiger partial charge in [-0.25, -0.2) is 0 Å². The fourth-order valence-corrected chi connectivity index (χ4v) is 5.08. The lowest BCUT2D eigenvalue weighted by Crippen LogP contribution is -2.49. The van der Waals surface area contributed by atoms with Gasteiger partial charge < -0.3 is 20.1 Å². The Labute approximate surface area is 260 Å². The van der Waals surface area contributed by atoms with Gasteiger partial charge in [0, 0.05) is 24.2 Å². The van der Waals surface area contributed by atoms with E-state index in [1.54, 1.807) is 25.1 Å². The van der Waals surface area contributed by atoms with Crippen LogP contribution in [0.2, 0.25) is 0 Å². The van der Waals surface area contributed by atoms with Crippen LogP contribution in [0.3, 0.4) is 0 Å². The fourth-order valence-electron chi connectivity index (χ4n) is 5.08. The Morgan fingerprint density at radius 3 is 2.16 bits per heavy atom. The summed E-state index contributed by atoms with van der Waals surface area (Å²) in [6.45, 7) is 2.30. The molecule has 1 unspecified atom stereocenters. The van der Waals surface area contributed by atoms with Gasteiger partial charge in [-0.1, -0.05) is 49.7 Å². The highest BCUT2D eigenvalue weighted by molar-refractivity contribution is 6.23. The van der Waals surface area contributed by atoms with E-state index < -0.39 is 29.7 Å². The molecular formula is C33H34N4O8. The predicted molar refractivity (Wildman–Crippen MR) is 163 cm³/mol. The summed E-state index contributed by atoms with van der Waals surface area (Å²) < 4.78 is 10.7. The number of nitrogens with zero attached hydrogens (tertiary/aromatic N) is 1. The predicted octanol–water partition coefficient (Wildman–Crippen LogP) is 2.53. The first-order valence-electron chi connectivity index (χ1n) is 14.3. The van der Waals surface area contributed by atoms with Gasteiger partial charge in [-0.15, -0.1) is 0 Å². The number of carbonyl (C=O) groups is 6. The van der Waals surface area contributed by atoms with Crippen LogP contribution in [-0.4, -0.2) is 61.1 Å². The number of carbonyl (C=O) groups excluding carboxylic acids is 6. The Kier molecular flexibility index (Phi) is 10.6. The number of imide groups is 2. The number of benzene rings is 3. The van der Waals surface area contributed by atoms with Crippen LogP contribution in [0.4, 0.5) is 0 Å². The van der Waals surface area contributed by atoms with Crippen LogP contribution in [0.1, 0.15) is 67.5 Å². The van der Waals surface area contributed by atoms with Gasteiger partial charge in [0.1, 0.15) is 6.04 Å². The molecule has 45 heavy (non-hydrogen) atoms. The number of hydrogen-bond donors (Lipinski definition) is 3. The van der Waals surface area contributed by atoms with Gasteiger partial charge in [0.05, 0.1) is 31.8 Å². The molecule has 6 amide bonds. The zero-order chi connectivity index (χ0) is 32.5. The minimum absolute atomic E-state index is 0.0175. The summed E-state index contributed by atoms with van der Waals surface area (Å²) in [6.07, 6.45) is 1.01. The summed E-state index contributed by atoms with van der Waals surface area (Å²) in [5, 5.41) is 7.69. The van der Waals surface area contributed by atoms with E-state index >= 15 is 0 Å².